The van der Waals surface area contributed by atoms with E-state index in [1.54, 1.807) is 12.7 Å². The molecule has 0 bridgehead atoms. The molecular weight excluding hydrogens is 244 g/mol. The van der Waals surface area contributed by atoms with Crippen LogP contribution in [0.15, 0.2) is 12.7 Å². The van der Waals surface area contributed by atoms with Gasteiger partial charge < -0.3 is 20.3 Å². The number of aliphatic hydroxyl groups excluding tert-OH is 1. The summed E-state index contributed by atoms with van der Waals surface area (Å²) in [7, 11) is 0. The van der Waals surface area contributed by atoms with E-state index in [1.165, 1.54) is 0 Å². The maximum Gasteiger partial charge on any atom is 0.182 e. The topological polar surface area (TPSA) is 90.0 Å². The Kier molecular flexibility index (Phi) is 3.56. The van der Waals surface area contributed by atoms with Gasteiger partial charge in [-0.05, 0) is 12.8 Å². The summed E-state index contributed by atoms with van der Waals surface area (Å²) < 4.78 is 0. The maximum atomic E-state index is 8.82. The number of nitrogens with zero attached hydrogens (tertiary/aromatic N) is 4. The highest BCUT2D eigenvalue weighted by molar-refractivity contribution is 5.82. The number of imidazole rings is 1. The SMILES string of the molecule is OCCNC1CCN(c2ncnc3nc[nH]c23)CC1. The van der Waals surface area contributed by atoms with Gasteiger partial charge >= 0.3 is 0 Å². The highest BCUT2D eigenvalue weighted by Gasteiger charge is 2.21. The number of fused-ring (bicyclic) bond motifs is 1. The Morgan fingerprint density at radius 3 is 2.95 bits per heavy atom. The number of hydrogen-bond acceptors (Lipinski definition) is 6. The van der Waals surface area contributed by atoms with Crippen LogP contribution in [0.3, 0.4) is 0 Å². The Hall–Kier alpha value is -1.73. The molecule has 3 N–H and O–H groups in total. The van der Waals surface area contributed by atoms with E-state index in [1.807, 2.05) is 0 Å². The van der Waals surface area contributed by atoms with Gasteiger partial charge in [0.1, 0.15) is 11.8 Å². The molecule has 2 aromatic rings. The van der Waals surface area contributed by atoms with Crippen molar-refractivity contribution in [2.45, 2.75) is 18.9 Å². The van der Waals surface area contributed by atoms with Crippen molar-refractivity contribution in [3.63, 3.8) is 0 Å². The Morgan fingerprint density at radius 2 is 2.16 bits per heavy atom. The van der Waals surface area contributed by atoms with Crippen LogP contribution in [0.1, 0.15) is 12.8 Å². The molecule has 102 valence electrons. The summed E-state index contributed by atoms with van der Waals surface area (Å²) >= 11 is 0. The molecule has 2 aromatic heterocycles. The van der Waals surface area contributed by atoms with E-state index in [4.69, 9.17) is 5.11 Å². The van der Waals surface area contributed by atoms with Crippen LogP contribution in [0, 0.1) is 0 Å². The van der Waals surface area contributed by atoms with Gasteiger partial charge in [0.15, 0.2) is 11.5 Å². The van der Waals surface area contributed by atoms with E-state index < -0.39 is 0 Å². The molecule has 0 spiro atoms. The van der Waals surface area contributed by atoms with Crippen LogP contribution < -0.4 is 10.2 Å². The van der Waals surface area contributed by atoms with Crippen molar-refractivity contribution in [3.8, 4) is 0 Å². The minimum Gasteiger partial charge on any atom is -0.395 e. The molecule has 0 amide bonds. The second-order valence-corrected chi connectivity index (χ2v) is 4.74. The van der Waals surface area contributed by atoms with E-state index in [2.05, 4.69) is 30.2 Å². The lowest BCUT2D eigenvalue weighted by Crippen LogP contribution is -2.43. The Labute approximate surface area is 111 Å². The molecular formula is C12H18N6O. The third-order valence-electron chi connectivity index (χ3n) is 3.54. The summed E-state index contributed by atoms with van der Waals surface area (Å²) in [5.41, 5.74) is 1.62. The standard InChI is InChI=1S/C12H18N6O/c19-6-3-13-9-1-4-18(5-2-9)12-10-11(15-7-14-10)16-8-17-12/h7-9,13,19H,1-6H2,(H,14,15,16,17). The van der Waals surface area contributed by atoms with Gasteiger partial charge in [0.25, 0.3) is 0 Å². The molecule has 0 saturated carbocycles. The normalized spacial score (nSPS) is 17.2. The highest BCUT2D eigenvalue weighted by atomic mass is 16.3. The van der Waals surface area contributed by atoms with Crippen molar-refractivity contribution in [3.05, 3.63) is 12.7 Å². The van der Waals surface area contributed by atoms with Crippen LogP contribution in [0.25, 0.3) is 11.2 Å². The lowest BCUT2D eigenvalue weighted by molar-refractivity contribution is 0.277. The van der Waals surface area contributed by atoms with E-state index >= 15 is 0 Å². The van der Waals surface area contributed by atoms with E-state index in [0.717, 1.165) is 37.3 Å². The van der Waals surface area contributed by atoms with Gasteiger partial charge in [-0.15, -0.1) is 0 Å². The zero-order valence-corrected chi connectivity index (χ0v) is 10.7. The van der Waals surface area contributed by atoms with Gasteiger partial charge in [0, 0.05) is 25.7 Å². The molecule has 19 heavy (non-hydrogen) atoms. The Balaban J connectivity index is 1.69. The summed E-state index contributed by atoms with van der Waals surface area (Å²) in [5.74, 6) is 0.933. The van der Waals surface area contributed by atoms with E-state index in [9.17, 15) is 0 Å². The van der Waals surface area contributed by atoms with Crippen molar-refractivity contribution in [1.82, 2.24) is 25.3 Å². The van der Waals surface area contributed by atoms with Crippen molar-refractivity contribution in [2.75, 3.05) is 31.1 Å². The minimum atomic E-state index is 0.195. The minimum absolute atomic E-state index is 0.195. The Bertz CT molecular complexity index is 534. The fraction of sp³-hybridized carbons (Fsp3) is 0.583. The highest BCUT2D eigenvalue weighted by Crippen LogP contribution is 2.23. The average Bonchev–Trinajstić information content (AvgIpc) is 2.94. The number of hydrogen-bond donors (Lipinski definition) is 3. The lowest BCUT2D eigenvalue weighted by atomic mass is 10.1. The van der Waals surface area contributed by atoms with E-state index in [0.29, 0.717) is 18.2 Å². The third kappa shape index (κ3) is 2.52. The first-order valence-corrected chi connectivity index (χ1v) is 6.62. The molecule has 1 aliphatic heterocycles. The molecule has 3 rings (SSSR count). The van der Waals surface area contributed by atoms with Crippen molar-refractivity contribution in [1.29, 1.82) is 0 Å². The Morgan fingerprint density at radius 1 is 1.32 bits per heavy atom. The van der Waals surface area contributed by atoms with Gasteiger partial charge in [-0.25, -0.2) is 15.0 Å². The zero-order valence-electron chi connectivity index (χ0n) is 10.7. The molecule has 3 heterocycles. The molecule has 0 unspecified atom stereocenters. The summed E-state index contributed by atoms with van der Waals surface area (Å²) in [6.07, 6.45) is 5.33. The van der Waals surface area contributed by atoms with Crippen LogP contribution in [-0.4, -0.2) is 57.3 Å². The maximum absolute atomic E-state index is 8.82. The second kappa shape index (κ2) is 5.50. The molecule has 7 nitrogen and oxygen atoms in total. The first kappa shape index (κ1) is 12.3. The number of aliphatic hydroxyl groups is 1. The first-order chi connectivity index (χ1) is 9.38. The van der Waals surface area contributed by atoms with Crippen LogP contribution in [-0.2, 0) is 0 Å². The zero-order chi connectivity index (χ0) is 13.1. The molecule has 0 radical (unpaired) electrons. The number of anilines is 1. The number of aromatic amines is 1. The summed E-state index contributed by atoms with van der Waals surface area (Å²) in [5, 5.41) is 12.2. The third-order valence-corrected chi connectivity index (χ3v) is 3.54. The summed E-state index contributed by atoms with van der Waals surface area (Å²) in [6, 6.07) is 0.488. The van der Waals surface area contributed by atoms with Crippen LogP contribution in [0.5, 0.6) is 0 Å². The molecule has 0 aliphatic carbocycles. The second-order valence-electron chi connectivity index (χ2n) is 4.74. The molecule has 1 saturated heterocycles. The monoisotopic (exact) mass is 262 g/mol. The molecule has 1 aliphatic rings. The predicted octanol–water partition coefficient (Wildman–Crippen LogP) is -0.0964. The smallest absolute Gasteiger partial charge is 0.182 e. The number of aromatic nitrogens is 4. The van der Waals surface area contributed by atoms with Crippen LogP contribution in [0.4, 0.5) is 5.82 Å². The predicted molar refractivity (Wildman–Crippen MR) is 72.0 cm³/mol. The number of rotatable bonds is 4. The average molecular weight is 262 g/mol. The van der Waals surface area contributed by atoms with Crippen LogP contribution in [0.2, 0.25) is 0 Å². The molecule has 1 fully saturated rings. The first-order valence-electron chi connectivity index (χ1n) is 6.62. The molecule has 0 atom stereocenters. The van der Waals surface area contributed by atoms with Crippen molar-refractivity contribution >= 4 is 17.0 Å². The van der Waals surface area contributed by atoms with Gasteiger partial charge in [-0.3, -0.25) is 0 Å². The summed E-state index contributed by atoms with van der Waals surface area (Å²) in [6.45, 7) is 2.77. The number of H-pyrrole nitrogens is 1. The summed E-state index contributed by atoms with van der Waals surface area (Å²) in [4.78, 5) is 18.0. The van der Waals surface area contributed by atoms with Crippen LogP contribution >= 0.6 is 0 Å². The van der Waals surface area contributed by atoms with Crippen molar-refractivity contribution < 1.29 is 5.11 Å². The quantitative estimate of drug-likeness (QED) is 0.713. The van der Waals surface area contributed by atoms with Crippen molar-refractivity contribution in [2.24, 2.45) is 0 Å². The van der Waals surface area contributed by atoms with Gasteiger partial charge in [0.2, 0.25) is 0 Å². The lowest BCUT2D eigenvalue weighted by Gasteiger charge is -2.33. The fourth-order valence-electron chi connectivity index (χ4n) is 2.56. The van der Waals surface area contributed by atoms with Gasteiger partial charge in [0.05, 0.1) is 12.9 Å². The molecule has 7 heteroatoms. The molecule has 0 aromatic carbocycles. The van der Waals surface area contributed by atoms with Gasteiger partial charge in [-0.1, -0.05) is 0 Å². The number of nitrogens with one attached hydrogen (secondary N) is 2. The van der Waals surface area contributed by atoms with Gasteiger partial charge in [-0.2, -0.15) is 0 Å². The fourth-order valence-corrected chi connectivity index (χ4v) is 2.56. The van der Waals surface area contributed by atoms with E-state index in [-0.39, 0.29) is 6.61 Å². The largest absolute Gasteiger partial charge is 0.395 e. The number of piperidine rings is 1.